The number of aryl methyl sites for hydroxylation is 1. The van der Waals surface area contributed by atoms with E-state index in [0.29, 0.717) is 5.56 Å². The predicted octanol–water partition coefficient (Wildman–Crippen LogP) is 1.81. The Bertz CT molecular complexity index is 507. The van der Waals surface area contributed by atoms with Crippen molar-refractivity contribution in [2.75, 3.05) is 5.75 Å². The highest BCUT2D eigenvalue weighted by atomic mass is 35.7. The molecule has 0 unspecified atom stereocenters. The first-order valence-corrected chi connectivity index (χ1v) is 6.51. The molecule has 0 N–H and O–H groups in total. The van der Waals surface area contributed by atoms with Gasteiger partial charge in [-0.1, -0.05) is 6.07 Å². The van der Waals surface area contributed by atoms with Gasteiger partial charge in [0.15, 0.2) is 0 Å². The van der Waals surface area contributed by atoms with Crippen molar-refractivity contribution in [1.29, 1.82) is 5.26 Å². The van der Waals surface area contributed by atoms with E-state index >= 15 is 0 Å². The van der Waals surface area contributed by atoms with Gasteiger partial charge in [-0.25, -0.2) is 12.8 Å². The summed E-state index contributed by atoms with van der Waals surface area (Å²) >= 11 is 0. The molecule has 0 saturated carbocycles. The third-order valence-corrected chi connectivity index (χ3v) is 2.96. The van der Waals surface area contributed by atoms with Crippen LogP contribution in [0.1, 0.15) is 11.1 Å². The van der Waals surface area contributed by atoms with E-state index in [9.17, 15) is 12.8 Å². The van der Waals surface area contributed by atoms with Gasteiger partial charge in [0.25, 0.3) is 0 Å². The topological polar surface area (TPSA) is 57.9 Å². The van der Waals surface area contributed by atoms with Crippen LogP contribution in [0.25, 0.3) is 0 Å². The molecular formula is C9H7ClFNO2S. The summed E-state index contributed by atoms with van der Waals surface area (Å²) in [6, 6.07) is 5.42. The molecule has 0 bridgehead atoms. The highest BCUT2D eigenvalue weighted by molar-refractivity contribution is 8.13. The second-order valence-electron chi connectivity index (χ2n) is 2.91. The van der Waals surface area contributed by atoms with Gasteiger partial charge in [0, 0.05) is 10.7 Å². The molecule has 0 aromatic heterocycles. The minimum Gasteiger partial charge on any atom is -0.212 e. The maximum absolute atomic E-state index is 12.7. The molecule has 0 amide bonds. The van der Waals surface area contributed by atoms with Crippen molar-refractivity contribution in [2.45, 2.75) is 6.42 Å². The van der Waals surface area contributed by atoms with Gasteiger partial charge in [-0.05, 0) is 24.1 Å². The summed E-state index contributed by atoms with van der Waals surface area (Å²) in [7, 11) is 1.44. The molecule has 0 aliphatic rings. The Hall–Kier alpha value is -1.12. The van der Waals surface area contributed by atoms with Crippen molar-refractivity contribution < 1.29 is 12.8 Å². The van der Waals surface area contributed by atoms with E-state index in [1.807, 2.05) is 0 Å². The summed E-state index contributed by atoms with van der Waals surface area (Å²) in [5.74, 6) is -0.793. The largest absolute Gasteiger partial charge is 0.232 e. The monoisotopic (exact) mass is 247 g/mol. The summed E-state index contributed by atoms with van der Waals surface area (Å²) in [5.41, 5.74) is 0.610. The lowest BCUT2D eigenvalue weighted by atomic mass is 10.1. The lowest BCUT2D eigenvalue weighted by Crippen LogP contribution is -2.02. The van der Waals surface area contributed by atoms with Gasteiger partial charge in [-0.2, -0.15) is 5.26 Å². The molecule has 6 heteroatoms. The third-order valence-electron chi connectivity index (χ3n) is 1.81. The van der Waals surface area contributed by atoms with Crippen molar-refractivity contribution in [2.24, 2.45) is 0 Å². The van der Waals surface area contributed by atoms with Gasteiger partial charge >= 0.3 is 0 Å². The van der Waals surface area contributed by atoms with Crippen LogP contribution in [0, 0.1) is 17.1 Å². The molecule has 0 heterocycles. The second kappa shape index (κ2) is 4.60. The summed E-state index contributed by atoms with van der Waals surface area (Å²) in [5, 5.41) is 8.67. The fourth-order valence-corrected chi connectivity index (χ4v) is 1.80. The van der Waals surface area contributed by atoms with Crippen LogP contribution < -0.4 is 0 Å². The molecule has 0 aliphatic heterocycles. The molecule has 0 saturated heterocycles. The van der Waals surface area contributed by atoms with Gasteiger partial charge in [0.2, 0.25) is 9.05 Å². The lowest BCUT2D eigenvalue weighted by Gasteiger charge is -2.01. The molecule has 1 aromatic rings. The van der Waals surface area contributed by atoms with Crippen LogP contribution >= 0.6 is 10.7 Å². The van der Waals surface area contributed by atoms with Crippen LogP contribution in [0.5, 0.6) is 0 Å². The standard InChI is InChI=1S/C9H7ClFNO2S/c10-15(13,14)4-3-7-1-2-9(11)5-8(7)6-12/h1-2,5H,3-4H2. The van der Waals surface area contributed by atoms with Gasteiger partial charge in [-0.15, -0.1) is 0 Å². The highest BCUT2D eigenvalue weighted by Gasteiger charge is 2.09. The van der Waals surface area contributed by atoms with Crippen molar-refractivity contribution in [3.05, 3.63) is 35.1 Å². The minimum atomic E-state index is -3.59. The van der Waals surface area contributed by atoms with E-state index in [2.05, 4.69) is 0 Å². The smallest absolute Gasteiger partial charge is 0.212 e. The average molecular weight is 248 g/mol. The molecule has 0 radical (unpaired) electrons. The van der Waals surface area contributed by atoms with E-state index < -0.39 is 14.9 Å². The maximum atomic E-state index is 12.7. The Morgan fingerprint density at radius 2 is 2.13 bits per heavy atom. The Morgan fingerprint density at radius 1 is 1.47 bits per heavy atom. The van der Waals surface area contributed by atoms with Crippen LogP contribution in [-0.2, 0) is 15.5 Å². The Balaban J connectivity index is 2.92. The number of nitriles is 1. The predicted molar refractivity (Wildman–Crippen MR) is 54.5 cm³/mol. The van der Waals surface area contributed by atoms with E-state index in [0.717, 1.165) is 6.07 Å². The molecular weight excluding hydrogens is 241 g/mol. The SMILES string of the molecule is N#Cc1cc(F)ccc1CCS(=O)(=O)Cl. The van der Waals surface area contributed by atoms with Crippen LogP contribution in [0.3, 0.4) is 0 Å². The highest BCUT2D eigenvalue weighted by Crippen LogP contribution is 2.12. The molecule has 0 fully saturated rings. The van der Waals surface area contributed by atoms with E-state index in [-0.39, 0.29) is 17.7 Å². The van der Waals surface area contributed by atoms with Gasteiger partial charge in [0.05, 0.1) is 17.4 Å². The quantitative estimate of drug-likeness (QED) is 0.766. The molecule has 0 atom stereocenters. The Kier molecular flexibility index (Phi) is 3.66. The number of nitrogens with zero attached hydrogens (tertiary/aromatic N) is 1. The Morgan fingerprint density at radius 3 is 2.67 bits per heavy atom. The summed E-state index contributed by atoms with van der Waals surface area (Å²) < 4.78 is 34.1. The zero-order valence-corrected chi connectivity index (χ0v) is 9.15. The molecule has 1 aromatic carbocycles. The first-order valence-electron chi connectivity index (χ1n) is 4.03. The van der Waals surface area contributed by atoms with Crippen LogP contribution in [0.15, 0.2) is 18.2 Å². The van der Waals surface area contributed by atoms with Crippen LogP contribution in [-0.4, -0.2) is 14.2 Å². The maximum Gasteiger partial charge on any atom is 0.232 e. The van der Waals surface area contributed by atoms with Crippen LogP contribution in [0.2, 0.25) is 0 Å². The van der Waals surface area contributed by atoms with Crippen molar-refractivity contribution in [3.63, 3.8) is 0 Å². The van der Waals surface area contributed by atoms with Gasteiger partial charge < -0.3 is 0 Å². The number of halogens is 2. The fraction of sp³-hybridized carbons (Fsp3) is 0.222. The van der Waals surface area contributed by atoms with Crippen molar-refractivity contribution in [1.82, 2.24) is 0 Å². The van der Waals surface area contributed by atoms with Gasteiger partial charge in [-0.3, -0.25) is 0 Å². The summed E-state index contributed by atoms with van der Waals surface area (Å²) in [6.45, 7) is 0. The number of hydrogen-bond acceptors (Lipinski definition) is 3. The molecule has 3 nitrogen and oxygen atoms in total. The third kappa shape index (κ3) is 3.86. The lowest BCUT2D eigenvalue weighted by molar-refractivity contribution is 0.608. The molecule has 1 rings (SSSR count). The van der Waals surface area contributed by atoms with Crippen molar-refractivity contribution in [3.8, 4) is 6.07 Å². The fourth-order valence-electron chi connectivity index (χ4n) is 1.10. The number of hydrogen-bond donors (Lipinski definition) is 0. The summed E-state index contributed by atoms with van der Waals surface area (Å²) in [6.07, 6.45) is 0.106. The number of benzene rings is 1. The first-order chi connectivity index (χ1) is 6.92. The average Bonchev–Trinajstić information content (AvgIpc) is 2.14. The number of rotatable bonds is 3. The molecule has 0 spiro atoms. The van der Waals surface area contributed by atoms with Crippen molar-refractivity contribution >= 4 is 19.7 Å². The second-order valence-corrected chi connectivity index (χ2v) is 5.80. The summed E-state index contributed by atoms with van der Waals surface area (Å²) in [4.78, 5) is 0. The molecule has 80 valence electrons. The minimum absolute atomic E-state index is 0.106. The molecule has 15 heavy (non-hydrogen) atoms. The van der Waals surface area contributed by atoms with E-state index in [1.54, 1.807) is 6.07 Å². The zero-order chi connectivity index (χ0) is 11.5. The van der Waals surface area contributed by atoms with Gasteiger partial charge in [0.1, 0.15) is 5.82 Å². The normalized spacial score (nSPS) is 11.0. The van der Waals surface area contributed by atoms with E-state index in [4.69, 9.17) is 15.9 Å². The first kappa shape index (κ1) is 12.0. The molecule has 0 aliphatic carbocycles. The zero-order valence-electron chi connectivity index (χ0n) is 7.57. The van der Waals surface area contributed by atoms with E-state index in [1.165, 1.54) is 12.1 Å². The Labute approximate surface area is 91.5 Å². The van der Waals surface area contributed by atoms with Crippen LogP contribution in [0.4, 0.5) is 4.39 Å².